The molecule has 2 nitrogen and oxygen atoms in total. The molecule has 1 aromatic carbocycles. The van der Waals surface area contributed by atoms with E-state index in [-0.39, 0.29) is 0 Å². The number of pyridine rings is 1. The Morgan fingerprint density at radius 3 is 2.81 bits per heavy atom. The van der Waals surface area contributed by atoms with Gasteiger partial charge in [-0.3, -0.25) is 9.88 Å². The van der Waals surface area contributed by atoms with E-state index < -0.39 is 0 Å². The minimum Gasteiger partial charge on any atom is -0.299 e. The molecule has 16 heavy (non-hydrogen) atoms. The van der Waals surface area contributed by atoms with Gasteiger partial charge in [-0.25, -0.2) is 0 Å². The summed E-state index contributed by atoms with van der Waals surface area (Å²) in [6.45, 7) is 3.61. The molecule has 0 spiro atoms. The summed E-state index contributed by atoms with van der Waals surface area (Å²) in [4.78, 5) is 6.67. The molecule has 1 aliphatic heterocycles. The third kappa shape index (κ3) is 1.93. The Labute approximate surface area is 95.9 Å². The predicted octanol–water partition coefficient (Wildman–Crippen LogP) is 2.83. The van der Waals surface area contributed by atoms with Crippen LogP contribution in [-0.4, -0.2) is 23.0 Å². The molecule has 1 aliphatic rings. The number of nitrogens with zero attached hydrogens (tertiary/aromatic N) is 2. The van der Waals surface area contributed by atoms with E-state index in [2.05, 4.69) is 34.1 Å². The monoisotopic (exact) mass is 212 g/mol. The van der Waals surface area contributed by atoms with Crippen LogP contribution in [0.25, 0.3) is 10.8 Å². The van der Waals surface area contributed by atoms with Gasteiger partial charge in [-0.05, 0) is 49.0 Å². The summed E-state index contributed by atoms with van der Waals surface area (Å²) in [7, 11) is 0. The van der Waals surface area contributed by atoms with Crippen molar-refractivity contribution in [2.24, 2.45) is 0 Å². The summed E-state index contributed by atoms with van der Waals surface area (Å²) < 4.78 is 0. The summed E-state index contributed by atoms with van der Waals surface area (Å²) in [5, 5.41) is 2.53. The molecule has 0 saturated carbocycles. The molecular formula is C14H16N2. The third-order valence-corrected chi connectivity index (χ3v) is 3.31. The highest BCUT2D eigenvalue weighted by atomic mass is 15.1. The SMILES string of the molecule is c1cc2cc(CN3CCCC3)ccc2cn1. The lowest BCUT2D eigenvalue weighted by molar-refractivity contribution is 0.331. The van der Waals surface area contributed by atoms with Gasteiger partial charge in [-0.2, -0.15) is 0 Å². The first-order valence-electron chi connectivity index (χ1n) is 5.97. The maximum absolute atomic E-state index is 4.14. The van der Waals surface area contributed by atoms with E-state index in [0.29, 0.717) is 0 Å². The van der Waals surface area contributed by atoms with E-state index in [0.717, 1.165) is 6.54 Å². The summed E-state index contributed by atoms with van der Waals surface area (Å²) in [6, 6.07) is 8.77. The minimum absolute atomic E-state index is 1.10. The van der Waals surface area contributed by atoms with Crippen molar-refractivity contribution in [1.82, 2.24) is 9.88 Å². The number of hydrogen-bond acceptors (Lipinski definition) is 2. The average Bonchev–Trinajstić information content (AvgIpc) is 2.82. The number of likely N-dealkylation sites (tertiary alicyclic amines) is 1. The van der Waals surface area contributed by atoms with Gasteiger partial charge in [0, 0.05) is 24.3 Å². The van der Waals surface area contributed by atoms with Gasteiger partial charge < -0.3 is 0 Å². The van der Waals surface area contributed by atoms with Crippen LogP contribution < -0.4 is 0 Å². The first kappa shape index (κ1) is 9.79. The maximum atomic E-state index is 4.14. The normalized spacial score (nSPS) is 17.0. The smallest absolute Gasteiger partial charge is 0.0346 e. The molecule has 0 amide bonds. The molecule has 0 N–H and O–H groups in total. The molecule has 82 valence electrons. The molecule has 1 aromatic heterocycles. The van der Waals surface area contributed by atoms with Crippen LogP contribution in [0.2, 0.25) is 0 Å². The van der Waals surface area contributed by atoms with E-state index in [1.807, 2.05) is 12.4 Å². The van der Waals surface area contributed by atoms with Crippen molar-refractivity contribution in [3.8, 4) is 0 Å². The largest absolute Gasteiger partial charge is 0.299 e. The highest BCUT2D eigenvalue weighted by molar-refractivity contribution is 5.81. The molecule has 2 heteroatoms. The molecule has 0 atom stereocenters. The fraction of sp³-hybridized carbons (Fsp3) is 0.357. The Kier molecular flexibility index (Phi) is 2.58. The maximum Gasteiger partial charge on any atom is 0.0346 e. The van der Waals surface area contributed by atoms with Gasteiger partial charge in [0.1, 0.15) is 0 Å². The van der Waals surface area contributed by atoms with Crippen molar-refractivity contribution in [3.05, 3.63) is 42.2 Å². The first-order valence-corrected chi connectivity index (χ1v) is 5.97. The minimum atomic E-state index is 1.10. The zero-order valence-corrected chi connectivity index (χ0v) is 9.39. The zero-order valence-electron chi connectivity index (χ0n) is 9.39. The molecule has 1 fully saturated rings. The van der Waals surface area contributed by atoms with Crippen LogP contribution in [0.4, 0.5) is 0 Å². The number of benzene rings is 1. The van der Waals surface area contributed by atoms with Crippen LogP contribution in [0.15, 0.2) is 36.7 Å². The lowest BCUT2D eigenvalue weighted by atomic mass is 10.1. The number of rotatable bonds is 2. The van der Waals surface area contributed by atoms with Gasteiger partial charge in [0.25, 0.3) is 0 Å². The van der Waals surface area contributed by atoms with E-state index in [4.69, 9.17) is 0 Å². The van der Waals surface area contributed by atoms with Crippen molar-refractivity contribution in [2.75, 3.05) is 13.1 Å². The molecule has 2 aromatic rings. The van der Waals surface area contributed by atoms with Gasteiger partial charge in [0.2, 0.25) is 0 Å². The van der Waals surface area contributed by atoms with Crippen LogP contribution >= 0.6 is 0 Å². The van der Waals surface area contributed by atoms with E-state index in [1.165, 1.54) is 42.3 Å². The summed E-state index contributed by atoms with van der Waals surface area (Å²) in [5.41, 5.74) is 1.42. The predicted molar refractivity (Wildman–Crippen MR) is 66.3 cm³/mol. The van der Waals surface area contributed by atoms with Crippen LogP contribution in [0.3, 0.4) is 0 Å². The quantitative estimate of drug-likeness (QED) is 0.761. The number of hydrogen-bond donors (Lipinski definition) is 0. The second-order valence-corrected chi connectivity index (χ2v) is 4.54. The van der Waals surface area contributed by atoms with Crippen LogP contribution in [0, 0.1) is 0 Å². The van der Waals surface area contributed by atoms with Crippen molar-refractivity contribution in [1.29, 1.82) is 0 Å². The van der Waals surface area contributed by atoms with E-state index in [1.54, 1.807) is 0 Å². The summed E-state index contributed by atoms with van der Waals surface area (Å²) in [5.74, 6) is 0. The highest BCUT2D eigenvalue weighted by Crippen LogP contribution is 2.17. The standard InChI is InChI=1S/C14H16N2/c1-2-8-16(7-1)11-12-3-4-14-10-15-6-5-13(14)9-12/h3-6,9-10H,1-2,7-8,11H2. The number of fused-ring (bicyclic) bond motifs is 1. The van der Waals surface area contributed by atoms with Crippen LogP contribution in [0.1, 0.15) is 18.4 Å². The van der Waals surface area contributed by atoms with Crippen LogP contribution in [-0.2, 0) is 6.54 Å². The second-order valence-electron chi connectivity index (χ2n) is 4.54. The van der Waals surface area contributed by atoms with Gasteiger partial charge >= 0.3 is 0 Å². The molecule has 1 saturated heterocycles. The molecule has 0 radical (unpaired) electrons. The van der Waals surface area contributed by atoms with Gasteiger partial charge in [-0.1, -0.05) is 12.1 Å². The Morgan fingerprint density at radius 1 is 1.06 bits per heavy atom. The highest BCUT2D eigenvalue weighted by Gasteiger charge is 2.11. The van der Waals surface area contributed by atoms with E-state index in [9.17, 15) is 0 Å². The molecule has 2 heterocycles. The lowest BCUT2D eigenvalue weighted by Gasteiger charge is -2.14. The fourth-order valence-electron chi connectivity index (χ4n) is 2.43. The average molecular weight is 212 g/mol. The van der Waals surface area contributed by atoms with Crippen molar-refractivity contribution in [3.63, 3.8) is 0 Å². The summed E-state index contributed by atoms with van der Waals surface area (Å²) >= 11 is 0. The second kappa shape index (κ2) is 4.22. The Hall–Kier alpha value is -1.41. The molecular weight excluding hydrogens is 196 g/mol. The Bertz CT molecular complexity index is 487. The molecule has 3 rings (SSSR count). The van der Waals surface area contributed by atoms with Gasteiger partial charge in [-0.15, -0.1) is 0 Å². The van der Waals surface area contributed by atoms with E-state index >= 15 is 0 Å². The molecule has 0 aliphatic carbocycles. The zero-order chi connectivity index (χ0) is 10.8. The fourth-order valence-corrected chi connectivity index (χ4v) is 2.43. The van der Waals surface area contributed by atoms with Crippen molar-refractivity contribution < 1.29 is 0 Å². The van der Waals surface area contributed by atoms with Crippen molar-refractivity contribution >= 4 is 10.8 Å². The van der Waals surface area contributed by atoms with Gasteiger partial charge in [0.15, 0.2) is 0 Å². The number of aromatic nitrogens is 1. The topological polar surface area (TPSA) is 16.1 Å². The molecule has 0 bridgehead atoms. The Balaban J connectivity index is 1.86. The Morgan fingerprint density at radius 2 is 1.94 bits per heavy atom. The third-order valence-electron chi connectivity index (χ3n) is 3.31. The molecule has 0 unspecified atom stereocenters. The van der Waals surface area contributed by atoms with Crippen molar-refractivity contribution in [2.45, 2.75) is 19.4 Å². The lowest BCUT2D eigenvalue weighted by Crippen LogP contribution is -2.18. The van der Waals surface area contributed by atoms with Gasteiger partial charge in [0.05, 0.1) is 0 Å². The first-order chi connectivity index (χ1) is 7.92. The van der Waals surface area contributed by atoms with Crippen LogP contribution in [0.5, 0.6) is 0 Å². The summed E-state index contributed by atoms with van der Waals surface area (Å²) in [6.07, 6.45) is 6.51.